The molecule has 2 fully saturated rings. The van der Waals surface area contributed by atoms with E-state index in [0.717, 1.165) is 37.9 Å². The van der Waals surface area contributed by atoms with Gasteiger partial charge in [-0.05, 0) is 32.7 Å². The molecule has 2 unspecified atom stereocenters. The molecule has 2 aliphatic heterocycles. The number of carbonyl (C=O) groups is 1. The van der Waals surface area contributed by atoms with Crippen molar-refractivity contribution in [3.63, 3.8) is 0 Å². The summed E-state index contributed by atoms with van der Waals surface area (Å²) in [5, 5.41) is 7.50. The molecule has 3 heterocycles. The molecule has 1 aromatic carbocycles. The van der Waals surface area contributed by atoms with Crippen molar-refractivity contribution in [2.24, 2.45) is 0 Å². The highest BCUT2D eigenvalue weighted by atomic mass is 16.5. The predicted molar refractivity (Wildman–Crippen MR) is 87.1 cm³/mol. The van der Waals surface area contributed by atoms with Crippen LogP contribution in [0.2, 0.25) is 0 Å². The zero-order valence-electron chi connectivity index (χ0n) is 13.3. The second kappa shape index (κ2) is 5.81. The molecule has 2 aliphatic rings. The lowest BCUT2D eigenvalue weighted by Crippen LogP contribution is -2.42. The summed E-state index contributed by atoms with van der Waals surface area (Å²) in [5.41, 5.74) is 2.88. The monoisotopic (exact) mass is 311 g/mol. The van der Waals surface area contributed by atoms with Crippen molar-refractivity contribution in [3.05, 3.63) is 41.7 Å². The Bertz CT molecular complexity index is 693. The number of fused-ring (bicyclic) bond motifs is 2. The first kappa shape index (κ1) is 14.5. The maximum atomic E-state index is 12.9. The highest BCUT2D eigenvalue weighted by Gasteiger charge is 2.39. The zero-order chi connectivity index (χ0) is 15.8. The molecule has 2 aromatic rings. The van der Waals surface area contributed by atoms with Gasteiger partial charge in [0.15, 0.2) is 0 Å². The molecular weight excluding hydrogens is 290 g/mol. The summed E-state index contributed by atoms with van der Waals surface area (Å²) >= 11 is 0. The minimum absolute atomic E-state index is 0.0212. The topological polar surface area (TPSA) is 58.4 Å². The van der Waals surface area contributed by atoms with Gasteiger partial charge < -0.3 is 14.7 Å². The average Bonchev–Trinajstić information content (AvgIpc) is 3.11. The van der Waals surface area contributed by atoms with Crippen LogP contribution in [0.5, 0.6) is 0 Å². The molecule has 23 heavy (non-hydrogen) atoms. The van der Waals surface area contributed by atoms with Gasteiger partial charge >= 0.3 is 0 Å². The predicted octanol–water partition coefficient (Wildman–Crippen LogP) is 2.62. The van der Waals surface area contributed by atoms with Crippen molar-refractivity contribution in [2.75, 3.05) is 13.1 Å². The van der Waals surface area contributed by atoms with Crippen LogP contribution in [-0.2, 0) is 0 Å². The van der Waals surface area contributed by atoms with E-state index in [4.69, 9.17) is 4.52 Å². The number of aryl methyl sites for hydroxylation is 1. The van der Waals surface area contributed by atoms with Gasteiger partial charge in [-0.25, -0.2) is 0 Å². The Hall–Kier alpha value is -2.14. The van der Waals surface area contributed by atoms with Crippen LogP contribution in [0.3, 0.4) is 0 Å². The molecule has 5 nitrogen and oxygen atoms in total. The van der Waals surface area contributed by atoms with Crippen LogP contribution in [0.15, 0.2) is 34.9 Å². The minimum atomic E-state index is -0.0212. The van der Waals surface area contributed by atoms with Crippen LogP contribution >= 0.6 is 0 Å². The molecule has 2 atom stereocenters. The number of hydrogen-bond donors (Lipinski definition) is 1. The van der Waals surface area contributed by atoms with E-state index in [2.05, 4.69) is 10.5 Å². The summed E-state index contributed by atoms with van der Waals surface area (Å²) < 4.78 is 5.37. The second-order valence-electron chi connectivity index (χ2n) is 6.53. The highest BCUT2D eigenvalue weighted by molar-refractivity contribution is 5.93. The van der Waals surface area contributed by atoms with E-state index in [1.54, 1.807) is 6.07 Å². The van der Waals surface area contributed by atoms with E-state index < -0.39 is 0 Å². The van der Waals surface area contributed by atoms with E-state index >= 15 is 0 Å². The first-order chi connectivity index (χ1) is 11.2. The van der Waals surface area contributed by atoms with Gasteiger partial charge in [0.2, 0.25) is 5.76 Å². The van der Waals surface area contributed by atoms with Gasteiger partial charge in [-0.3, -0.25) is 4.79 Å². The van der Waals surface area contributed by atoms with Crippen molar-refractivity contribution >= 4 is 5.91 Å². The molecule has 0 radical (unpaired) electrons. The molecule has 0 spiro atoms. The summed E-state index contributed by atoms with van der Waals surface area (Å²) in [5.74, 6) is 0.325. The van der Waals surface area contributed by atoms with Gasteiger partial charge in [-0.1, -0.05) is 35.0 Å². The van der Waals surface area contributed by atoms with Crippen LogP contribution in [0.4, 0.5) is 0 Å². The third-order valence-electron chi connectivity index (χ3n) is 4.96. The molecule has 120 valence electrons. The first-order valence-electron chi connectivity index (χ1n) is 8.29. The molecule has 2 saturated heterocycles. The summed E-state index contributed by atoms with van der Waals surface area (Å²) in [6, 6.07) is 10.4. The van der Waals surface area contributed by atoms with Gasteiger partial charge in [0, 0.05) is 30.3 Å². The van der Waals surface area contributed by atoms with Gasteiger partial charge in [0.25, 0.3) is 5.91 Å². The van der Waals surface area contributed by atoms with Crippen molar-refractivity contribution in [2.45, 2.75) is 38.3 Å². The van der Waals surface area contributed by atoms with Gasteiger partial charge in [-0.2, -0.15) is 0 Å². The second-order valence-corrected chi connectivity index (χ2v) is 6.53. The number of amides is 1. The summed E-state index contributed by atoms with van der Waals surface area (Å²) in [7, 11) is 0. The van der Waals surface area contributed by atoms with Crippen LogP contribution in [0.25, 0.3) is 11.3 Å². The molecular formula is C18H21N3O2. The molecule has 0 saturated carbocycles. The molecule has 1 amide bonds. The minimum Gasteiger partial charge on any atom is -0.350 e. The lowest BCUT2D eigenvalue weighted by Gasteiger charge is -2.26. The molecule has 1 aromatic heterocycles. The number of benzene rings is 1. The number of nitrogens with one attached hydrogen (secondary N) is 1. The van der Waals surface area contributed by atoms with Crippen molar-refractivity contribution in [1.29, 1.82) is 0 Å². The third kappa shape index (κ3) is 2.65. The van der Waals surface area contributed by atoms with Gasteiger partial charge in [0.1, 0.15) is 5.69 Å². The number of nitrogens with zero attached hydrogens (tertiary/aromatic N) is 2. The smallest absolute Gasteiger partial charge is 0.293 e. The standard InChI is InChI=1S/C18H21N3O2/c1-12-2-4-13(5-3-12)16-10-17(23-20-16)18(22)21-14-6-7-15(21)11-19-9-8-14/h2-5,10,14-15,19H,6-9,11H2,1H3. The molecule has 1 N–H and O–H groups in total. The van der Waals surface area contributed by atoms with E-state index in [1.165, 1.54) is 5.56 Å². The maximum Gasteiger partial charge on any atom is 0.293 e. The van der Waals surface area contributed by atoms with Crippen LogP contribution in [0.1, 0.15) is 35.4 Å². The SMILES string of the molecule is Cc1ccc(-c2cc(C(=O)N3C4CCNCC3CC4)on2)cc1. The van der Waals surface area contributed by atoms with E-state index in [9.17, 15) is 4.79 Å². The fourth-order valence-corrected chi connectivity index (χ4v) is 3.68. The Morgan fingerprint density at radius 1 is 1.22 bits per heavy atom. The van der Waals surface area contributed by atoms with Crippen LogP contribution in [-0.4, -0.2) is 41.1 Å². The summed E-state index contributed by atoms with van der Waals surface area (Å²) in [6.45, 7) is 3.90. The van der Waals surface area contributed by atoms with Crippen molar-refractivity contribution in [3.8, 4) is 11.3 Å². The van der Waals surface area contributed by atoms with Crippen LogP contribution in [0, 0.1) is 6.92 Å². The van der Waals surface area contributed by atoms with E-state index in [1.807, 2.05) is 36.1 Å². The van der Waals surface area contributed by atoms with E-state index in [-0.39, 0.29) is 11.9 Å². The Morgan fingerprint density at radius 3 is 2.83 bits per heavy atom. The Balaban J connectivity index is 1.59. The molecule has 4 rings (SSSR count). The Kier molecular flexibility index (Phi) is 3.65. The fourth-order valence-electron chi connectivity index (χ4n) is 3.68. The Labute approximate surface area is 135 Å². The maximum absolute atomic E-state index is 12.9. The summed E-state index contributed by atoms with van der Waals surface area (Å²) in [6.07, 6.45) is 3.18. The quantitative estimate of drug-likeness (QED) is 0.926. The van der Waals surface area contributed by atoms with E-state index in [0.29, 0.717) is 17.5 Å². The first-order valence-corrected chi connectivity index (χ1v) is 8.29. The van der Waals surface area contributed by atoms with Crippen molar-refractivity contribution in [1.82, 2.24) is 15.4 Å². The number of rotatable bonds is 2. The molecule has 2 bridgehead atoms. The normalized spacial score (nSPS) is 23.8. The molecule has 5 heteroatoms. The average molecular weight is 311 g/mol. The largest absolute Gasteiger partial charge is 0.350 e. The molecule has 0 aliphatic carbocycles. The van der Waals surface area contributed by atoms with Crippen molar-refractivity contribution < 1.29 is 9.32 Å². The highest BCUT2D eigenvalue weighted by Crippen LogP contribution is 2.30. The number of aromatic nitrogens is 1. The fraction of sp³-hybridized carbons (Fsp3) is 0.444. The zero-order valence-corrected chi connectivity index (χ0v) is 13.3. The lowest BCUT2D eigenvalue weighted by molar-refractivity contribution is 0.0637. The Morgan fingerprint density at radius 2 is 2.00 bits per heavy atom. The van der Waals surface area contributed by atoms with Crippen LogP contribution < -0.4 is 5.32 Å². The van der Waals surface area contributed by atoms with Gasteiger partial charge in [0.05, 0.1) is 0 Å². The number of hydrogen-bond acceptors (Lipinski definition) is 4. The summed E-state index contributed by atoms with van der Waals surface area (Å²) in [4.78, 5) is 14.9. The van der Waals surface area contributed by atoms with Gasteiger partial charge in [-0.15, -0.1) is 0 Å². The lowest BCUT2D eigenvalue weighted by atomic mass is 10.1. The number of carbonyl (C=O) groups excluding carboxylic acids is 1. The third-order valence-corrected chi connectivity index (χ3v) is 4.96.